The molecule has 1 saturated carbocycles. The normalized spacial score (nSPS) is 26.5. The van der Waals surface area contributed by atoms with Crippen LogP contribution in [0, 0.1) is 5.92 Å². The molecule has 0 unspecified atom stereocenters. The maximum Gasteiger partial charge on any atom is 0.407 e. The molecule has 2 aliphatic rings. The van der Waals surface area contributed by atoms with Crippen LogP contribution in [0.2, 0.25) is 0 Å². The summed E-state index contributed by atoms with van der Waals surface area (Å²) in [5.41, 5.74) is 3.86. The molecule has 5 heteroatoms. The quantitative estimate of drug-likeness (QED) is 0.888. The van der Waals surface area contributed by atoms with Gasteiger partial charge >= 0.3 is 6.09 Å². The Morgan fingerprint density at radius 1 is 1.25 bits per heavy atom. The fourth-order valence-electron chi connectivity index (χ4n) is 3.94. The first-order valence-electron chi connectivity index (χ1n) is 8.77. The minimum absolute atomic E-state index is 0.0878. The molecule has 2 N–H and O–H groups in total. The molecule has 24 heavy (non-hydrogen) atoms. The predicted molar refractivity (Wildman–Crippen MR) is 94.2 cm³/mol. The third kappa shape index (κ3) is 3.00. The van der Waals surface area contributed by atoms with Crippen LogP contribution in [0.3, 0.4) is 0 Å². The molecule has 5 nitrogen and oxygen atoms in total. The molecule has 1 saturated heterocycles. The van der Waals surface area contributed by atoms with Crippen molar-refractivity contribution in [1.82, 2.24) is 15.2 Å². The van der Waals surface area contributed by atoms with Crippen LogP contribution in [0.15, 0.2) is 24.4 Å². The van der Waals surface area contributed by atoms with Gasteiger partial charge in [0.2, 0.25) is 0 Å². The second-order valence-corrected chi connectivity index (χ2v) is 7.50. The van der Waals surface area contributed by atoms with Gasteiger partial charge in [0.05, 0.1) is 6.04 Å². The Bertz CT molecular complexity index is 746. The number of amides is 1. The number of nitrogens with zero attached hydrogens (tertiary/aromatic N) is 1. The van der Waals surface area contributed by atoms with Gasteiger partial charge in [0, 0.05) is 23.1 Å². The molecule has 1 amide bonds. The van der Waals surface area contributed by atoms with Crippen molar-refractivity contribution in [1.29, 1.82) is 0 Å². The molecule has 1 aliphatic heterocycles. The number of ether oxygens (including phenoxy) is 1. The second-order valence-electron chi connectivity index (χ2n) is 7.50. The van der Waals surface area contributed by atoms with E-state index in [4.69, 9.17) is 4.74 Å². The number of carbonyl (C=O) groups is 1. The van der Waals surface area contributed by atoms with Crippen molar-refractivity contribution >= 4 is 17.0 Å². The Hall–Kier alpha value is -2.01. The van der Waals surface area contributed by atoms with Crippen LogP contribution in [-0.2, 0) is 17.6 Å². The van der Waals surface area contributed by atoms with E-state index in [0.717, 1.165) is 24.8 Å². The van der Waals surface area contributed by atoms with E-state index >= 15 is 0 Å². The van der Waals surface area contributed by atoms with Gasteiger partial charge in [-0.3, -0.25) is 0 Å². The summed E-state index contributed by atoms with van der Waals surface area (Å²) in [4.78, 5) is 16.9. The van der Waals surface area contributed by atoms with Crippen LogP contribution < -0.4 is 5.32 Å². The van der Waals surface area contributed by atoms with Gasteiger partial charge in [-0.25, -0.2) is 4.79 Å². The van der Waals surface area contributed by atoms with Gasteiger partial charge < -0.3 is 19.9 Å². The molecule has 2 fully saturated rings. The van der Waals surface area contributed by atoms with Crippen molar-refractivity contribution in [3.8, 4) is 0 Å². The molecule has 0 spiro atoms. The third-order valence-corrected chi connectivity index (χ3v) is 5.50. The number of hydrogen-bond donors (Lipinski definition) is 2. The molecular formula is C19H25N3O2. The fraction of sp³-hybridized carbons (Fsp3) is 0.526. The van der Waals surface area contributed by atoms with Gasteiger partial charge in [-0.1, -0.05) is 6.07 Å². The van der Waals surface area contributed by atoms with Crippen molar-refractivity contribution in [3.63, 3.8) is 0 Å². The fourth-order valence-corrected chi connectivity index (χ4v) is 3.94. The van der Waals surface area contributed by atoms with Crippen LogP contribution in [0.5, 0.6) is 0 Å². The summed E-state index contributed by atoms with van der Waals surface area (Å²) >= 11 is 0. The molecule has 1 atom stereocenters. The van der Waals surface area contributed by atoms with E-state index in [0.29, 0.717) is 6.61 Å². The topological polar surface area (TPSA) is 57.4 Å². The highest BCUT2D eigenvalue weighted by atomic mass is 16.6. The van der Waals surface area contributed by atoms with Crippen LogP contribution in [0.1, 0.15) is 24.0 Å². The van der Waals surface area contributed by atoms with Crippen molar-refractivity contribution in [3.05, 3.63) is 35.5 Å². The number of fused-ring (bicyclic) bond motifs is 1. The molecule has 0 bridgehead atoms. The summed E-state index contributed by atoms with van der Waals surface area (Å²) in [7, 11) is 4.34. The lowest BCUT2D eigenvalue weighted by atomic mass is 9.76. The highest BCUT2D eigenvalue weighted by molar-refractivity contribution is 5.84. The average Bonchev–Trinajstić information content (AvgIpc) is 3.08. The number of alkyl carbamates (subject to hydrolysis) is 1. The number of aromatic amines is 1. The molecule has 1 aromatic heterocycles. The Kier molecular flexibility index (Phi) is 3.96. The molecular weight excluding hydrogens is 302 g/mol. The van der Waals surface area contributed by atoms with E-state index in [1.165, 1.54) is 34.9 Å². The summed E-state index contributed by atoms with van der Waals surface area (Å²) in [6.45, 7) is 0.463. The lowest BCUT2D eigenvalue weighted by Gasteiger charge is -2.39. The van der Waals surface area contributed by atoms with Crippen LogP contribution >= 0.6 is 0 Å². The summed E-state index contributed by atoms with van der Waals surface area (Å²) < 4.78 is 4.98. The first-order valence-corrected chi connectivity index (χ1v) is 8.77. The number of cyclic esters (lactones) is 1. The minimum Gasteiger partial charge on any atom is -0.447 e. The minimum atomic E-state index is -0.302. The van der Waals surface area contributed by atoms with Crippen molar-refractivity contribution in [2.45, 2.75) is 37.8 Å². The molecule has 2 heterocycles. The Morgan fingerprint density at radius 2 is 2.08 bits per heavy atom. The summed E-state index contributed by atoms with van der Waals surface area (Å²) in [6.07, 6.45) is 6.42. The maximum absolute atomic E-state index is 11.2. The first kappa shape index (κ1) is 15.5. The van der Waals surface area contributed by atoms with Gasteiger partial charge in [-0.05, 0) is 69.0 Å². The van der Waals surface area contributed by atoms with Gasteiger partial charge in [-0.2, -0.15) is 0 Å². The number of carbonyl (C=O) groups excluding carboxylic acids is 1. The SMILES string of the molecule is CN(C)[C@H]1C[C@H](Cc2c[nH]c3ccc(C[C@H]4COC(=O)N4)cc23)C1. The molecule has 128 valence electrons. The van der Waals surface area contributed by atoms with Crippen LogP contribution in [-0.4, -0.2) is 48.8 Å². The van der Waals surface area contributed by atoms with E-state index in [-0.39, 0.29) is 12.1 Å². The largest absolute Gasteiger partial charge is 0.447 e. The Balaban J connectivity index is 1.46. The number of nitrogens with one attached hydrogen (secondary N) is 2. The summed E-state index contributed by atoms with van der Waals surface area (Å²) in [6, 6.07) is 7.40. The number of benzene rings is 1. The van der Waals surface area contributed by atoms with Gasteiger partial charge in [0.25, 0.3) is 0 Å². The number of hydrogen-bond acceptors (Lipinski definition) is 3. The monoisotopic (exact) mass is 327 g/mol. The number of aromatic nitrogens is 1. The zero-order valence-corrected chi connectivity index (χ0v) is 14.3. The van der Waals surface area contributed by atoms with Gasteiger partial charge in [0.1, 0.15) is 6.61 Å². The molecule has 0 radical (unpaired) electrons. The average molecular weight is 327 g/mol. The van der Waals surface area contributed by atoms with Crippen LogP contribution in [0.4, 0.5) is 4.79 Å². The third-order valence-electron chi connectivity index (χ3n) is 5.50. The van der Waals surface area contributed by atoms with E-state index in [9.17, 15) is 4.79 Å². The van der Waals surface area contributed by atoms with Crippen LogP contribution in [0.25, 0.3) is 10.9 Å². The molecule has 2 aromatic rings. The number of H-pyrrole nitrogens is 1. The highest BCUT2D eigenvalue weighted by Gasteiger charge is 2.31. The zero-order chi connectivity index (χ0) is 16.7. The Morgan fingerprint density at radius 3 is 2.79 bits per heavy atom. The predicted octanol–water partition coefficient (Wildman–Crippen LogP) is 2.70. The highest BCUT2D eigenvalue weighted by Crippen LogP contribution is 2.35. The zero-order valence-electron chi connectivity index (χ0n) is 14.3. The second kappa shape index (κ2) is 6.13. The Labute approximate surface area is 142 Å². The van der Waals surface area contributed by atoms with Crippen molar-refractivity contribution in [2.75, 3.05) is 20.7 Å². The lowest BCUT2D eigenvalue weighted by molar-refractivity contribution is 0.124. The van der Waals surface area contributed by atoms with E-state index in [1.54, 1.807) is 0 Å². The van der Waals surface area contributed by atoms with Gasteiger partial charge in [0.15, 0.2) is 0 Å². The smallest absolute Gasteiger partial charge is 0.407 e. The van der Waals surface area contributed by atoms with Crippen molar-refractivity contribution in [2.24, 2.45) is 5.92 Å². The molecule has 4 rings (SSSR count). The van der Waals surface area contributed by atoms with Gasteiger partial charge in [-0.15, -0.1) is 0 Å². The molecule has 1 aliphatic carbocycles. The first-order chi connectivity index (χ1) is 11.6. The maximum atomic E-state index is 11.2. The summed E-state index contributed by atoms with van der Waals surface area (Å²) in [5.74, 6) is 0.794. The summed E-state index contributed by atoms with van der Waals surface area (Å²) in [5, 5.41) is 4.18. The van der Waals surface area contributed by atoms with Crippen molar-refractivity contribution < 1.29 is 9.53 Å². The standard InChI is InChI=1S/C19H25N3O2/c1-22(2)16-7-13(8-16)5-14-10-20-18-4-3-12(9-17(14)18)6-15-11-24-19(23)21-15/h3-4,9-10,13,15-16,20H,5-8,11H2,1-2H3,(H,21,23)/t13-,15-,16-/m0/s1. The van der Waals surface area contributed by atoms with E-state index < -0.39 is 0 Å². The lowest BCUT2D eigenvalue weighted by Crippen LogP contribution is -2.41. The number of rotatable bonds is 5. The molecule has 1 aromatic carbocycles. The van der Waals surface area contributed by atoms with E-state index in [2.05, 4.69) is 53.7 Å². The van der Waals surface area contributed by atoms with E-state index in [1.807, 2.05) is 0 Å².